The summed E-state index contributed by atoms with van der Waals surface area (Å²) in [5.74, 6) is -0.0553. The second-order valence-corrected chi connectivity index (χ2v) is 5.01. The minimum atomic E-state index is -0.0553. The number of rotatable bonds is 4. The minimum Gasteiger partial charge on any atom is -0.287 e. The van der Waals surface area contributed by atoms with Crippen LogP contribution >= 0.6 is 15.9 Å². The molecule has 0 aliphatic rings. The van der Waals surface area contributed by atoms with Gasteiger partial charge in [-0.1, -0.05) is 34.1 Å². The average molecular weight is 308 g/mol. The van der Waals surface area contributed by atoms with Gasteiger partial charge in [-0.15, -0.1) is 5.10 Å². The molecule has 1 aromatic heterocycles. The van der Waals surface area contributed by atoms with Crippen LogP contribution in [-0.4, -0.2) is 20.8 Å². The van der Waals surface area contributed by atoms with Gasteiger partial charge < -0.3 is 0 Å². The lowest BCUT2D eigenvalue weighted by Crippen LogP contribution is -2.12. The number of hydrogen-bond acceptors (Lipinski definition) is 3. The first-order valence-electron chi connectivity index (χ1n) is 5.82. The highest BCUT2D eigenvalue weighted by molar-refractivity contribution is 9.10. The highest BCUT2D eigenvalue weighted by atomic mass is 79.9. The summed E-state index contributed by atoms with van der Waals surface area (Å²) in [6, 6.07) is 5.68. The maximum absolute atomic E-state index is 12.4. The standard InChI is InChI=1S/C13H14BrN3O/c1-3-6-17-12(8-15-16-17)13(18)10-5-4-9(2)7-11(10)14/h4-5,7-8H,3,6H2,1-2H3. The highest BCUT2D eigenvalue weighted by Crippen LogP contribution is 2.21. The molecule has 1 heterocycles. The molecule has 4 nitrogen and oxygen atoms in total. The van der Waals surface area contributed by atoms with Crippen LogP contribution in [0, 0.1) is 6.92 Å². The lowest BCUT2D eigenvalue weighted by Gasteiger charge is -2.06. The summed E-state index contributed by atoms with van der Waals surface area (Å²) >= 11 is 3.43. The molecule has 0 saturated carbocycles. The number of aromatic nitrogens is 3. The van der Waals surface area contributed by atoms with Gasteiger partial charge in [0.15, 0.2) is 0 Å². The Morgan fingerprint density at radius 1 is 1.44 bits per heavy atom. The van der Waals surface area contributed by atoms with Gasteiger partial charge in [0, 0.05) is 16.6 Å². The zero-order valence-corrected chi connectivity index (χ0v) is 11.9. The molecule has 0 amide bonds. The van der Waals surface area contributed by atoms with Gasteiger partial charge in [-0.3, -0.25) is 4.79 Å². The van der Waals surface area contributed by atoms with Crippen molar-refractivity contribution in [2.45, 2.75) is 26.8 Å². The second-order valence-electron chi connectivity index (χ2n) is 4.15. The summed E-state index contributed by atoms with van der Waals surface area (Å²) in [6.45, 7) is 4.73. The SMILES string of the molecule is CCCn1nncc1C(=O)c1ccc(C)cc1Br. The van der Waals surface area contributed by atoms with Crippen LogP contribution in [0.1, 0.15) is 35.0 Å². The second kappa shape index (κ2) is 5.44. The van der Waals surface area contributed by atoms with Gasteiger partial charge in [-0.2, -0.15) is 0 Å². The number of ketones is 1. The third-order valence-corrected chi connectivity index (χ3v) is 3.31. The van der Waals surface area contributed by atoms with Gasteiger partial charge in [0.25, 0.3) is 0 Å². The van der Waals surface area contributed by atoms with E-state index in [2.05, 4.69) is 26.2 Å². The van der Waals surface area contributed by atoms with Crippen LogP contribution in [0.5, 0.6) is 0 Å². The summed E-state index contributed by atoms with van der Waals surface area (Å²) in [5, 5.41) is 7.74. The smallest absolute Gasteiger partial charge is 0.213 e. The molecule has 0 unspecified atom stereocenters. The Morgan fingerprint density at radius 3 is 2.89 bits per heavy atom. The van der Waals surface area contributed by atoms with E-state index in [1.54, 1.807) is 4.68 Å². The molecule has 0 spiro atoms. The van der Waals surface area contributed by atoms with Crippen LogP contribution in [0.2, 0.25) is 0 Å². The molecule has 0 atom stereocenters. The number of carbonyl (C=O) groups is 1. The van der Waals surface area contributed by atoms with Crippen molar-refractivity contribution in [2.75, 3.05) is 0 Å². The lowest BCUT2D eigenvalue weighted by molar-refractivity contribution is 0.102. The first-order valence-corrected chi connectivity index (χ1v) is 6.62. The topological polar surface area (TPSA) is 47.8 Å². The molecule has 0 bridgehead atoms. The number of hydrogen-bond donors (Lipinski definition) is 0. The fraction of sp³-hybridized carbons (Fsp3) is 0.308. The van der Waals surface area contributed by atoms with Crippen molar-refractivity contribution in [1.82, 2.24) is 15.0 Å². The largest absolute Gasteiger partial charge is 0.287 e. The van der Waals surface area contributed by atoms with E-state index in [0.29, 0.717) is 17.8 Å². The van der Waals surface area contributed by atoms with Gasteiger partial charge in [-0.25, -0.2) is 4.68 Å². The van der Waals surface area contributed by atoms with E-state index >= 15 is 0 Å². The molecular formula is C13H14BrN3O. The summed E-state index contributed by atoms with van der Waals surface area (Å²) in [7, 11) is 0. The monoisotopic (exact) mass is 307 g/mol. The van der Waals surface area contributed by atoms with Gasteiger partial charge in [0.1, 0.15) is 5.69 Å². The van der Waals surface area contributed by atoms with Crippen molar-refractivity contribution >= 4 is 21.7 Å². The predicted molar refractivity (Wildman–Crippen MR) is 72.6 cm³/mol. The van der Waals surface area contributed by atoms with Crippen LogP contribution in [0.4, 0.5) is 0 Å². The van der Waals surface area contributed by atoms with E-state index in [1.165, 1.54) is 6.20 Å². The van der Waals surface area contributed by atoms with E-state index in [0.717, 1.165) is 16.5 Å². The number of aryl methyl sites for hydroxylation is 2. The Labute approximate surface area is 114 Å². The Morgan fingerprint density at radius 2 is 2.22 bits per heavy atom. The lowest BCUT2D eigenvalue weighted by atomic mass is 10.1. The molecule has 2 rings (SSSR count). The van der Waals surface area contributed by atoms with Crippen molar-refractivity contribution in [1.29, 1.82) is 0 Å². The van der Waals surface area contributed by atoms with Crippen LogP contribution in [0.15, 0.2) is 28.9 Å². The van der Waals surface area contributed by atoms with Crippen LogP contribution < -0.4 is 0 Å². The Hall–Kier alpha value is -1.49. The average Bonchev–Trinajstić information content (AvgIpc) is 2.77. The molecule has 5 heteroatoms. The molecule has 0 radical (unpaired) electrons. The quantitative estimate of drug-likeness (QED) is 0.816. The van der Waals surface area contributed by atoms with Crippen molar-refractivity contribution < 1.29 is 4.79 Å². The molecule has 0 N–H and O–H groups in total. The predicted octanol–water partition coefficient (Wildman–Crippen LogP) is 2.99. The van der Waals surface area contributed by atoms with Crippen molar-refractivity contribution in [3.8, 4) is 0 Å². The van der Waals surface area contributed by atoms with Gasteiger partial charge in [0.2, 0.25) is 5.78 Å². The van der Waals surface area contributed by atoms with E-state index in [-0.39, 0.29) is 5.78 Å². The zero-order chi connectivity index (χ0) is 13.1. The van der Waals surface area contributed by atoms with E-state index in [9.17, 15) is 4.79 Å². The van der Waals surface area contributed by atoms with Crippen molar-refractivity contribution in [2.24, 2.45) is 0 Å². The summed E-state index contributed by atoms with van der Waals surface area (Å²) < 4.78 is 2.45. The molecule has 1 aromatic carbocycles. The van der Waals surface area contributed by atoms with Crippen LogP contribution in [0.25, 0.3) is 0 Å². The normalized spacial score (nSPS) is 10.6. The molecule has 2 aromatic rings. The minimum absolute atomic E-state index is 0.0553. The summed E-state index contributed by atoms with van der Waals surface area (Å²) in [6.07, 6.45) is 2.43. The van der Waals surface area contributed by atoms with Crippen molar-refractivity contribution in [3.63, 3.8) is 0 Å². The molecule has 94 valence electrons. The number of benzene rings is 1. The van der Waals surface area contributed by atoms with E-state index in [1.807, 2.05) is 32.0 Å². The molecule has 0 aliphatic carbocycles. The molecule has 18 heavy (non-hydrogen) atoms. The number of carbonyl (C=O) groups excluding carboxylic acids is 1. The molecule has 0 aliphatic heterocycles. The summed E-state index contributed by atoms with van der Waals surface area (Å²) in [4.78, 5) is 12.4. The molecule has 0 fully saturated rings. The fourth-order valence-corrected chi connectivity index (χ4v) is 2.43. The van der Waals surface area contributed by atoms with Crippen LogP contribution in [-0.2, 0) is 6.54 Å². The van der Waals surface area contributed by atoms with Crippen LogP contribution in [0.3, 0.4) is 0 Å². The van der Waals surface area contributed by atoms with Gasteiger partial charge >= 0.3 is 0 Å². The number of halogens is 1. The van der Waals surface area contributed by atoms with Gasteiger partial charge in [0.05, 0.1) is 6.20 Å². The fourth-order valence-electron chi connectivity index (χ4n) is 1.75. The van der Waals surface area contributed by atoms with Crippen molar-refractivity contribution in [3.05, 3.63) is 45.7 Å². The molecular weight excluding hydrogens is 294 g/mol. The summed E-state index contributed by atoms with van der Waals surface area (Å²) in [5.41, 5.74) is 2.28. The number of nitrogens with zero attached hydrogens (tertiary/aromatic N) is 3. The molecule has 0 saturated heterocycles. The highest BCUT2D eigenvalue weighted by Gasteiger charge is 2.17. The third kappa shape index (κ3) is 2.51. The third-order valence-electron chi connectivity index (χ3n) is 2.65. The Bertz CT molecular complexity index is 577. The van der Waals surface area contributed by atoms with E-state index < -0.39 is 0 Å². The van der Waals surface area contributed by atoms with E-state index in [4.69, 9.17) is 0 Å². The Kier molecular flexibility index (Phi) is 3.91. The first kappa shape index (κ1) is 13.0. The Balaban J connectivity index is 2.38. The zero-order valence-electron chi connectivity index (χ0n) is 10.4. The van der Waals surface area contributed by atoms with Gasteiger partial charge in [-0.05, 0) is 31.0 Å². The maximum atomic E-state index is 12.4. The maximum Gasteiger partial charge on any atom is 0.213 e. The first-order chi connectivity index (χ1) is 8.63.